The highest BCUT2D eigenvalue weighted by Gasteiger charge is 2.49. The molecule has 1 amide bonds. The lowest BCUT2D eigenvalue weighted by Gasteiger charge is -2.24. The van der Waals surface area contributed by atoms with E-state index in [4.69, 9.17) is 4.74 Å². The summed E-state index contributed by atoms with van der Waals surface area (Å²) in [5, 5.41) is 13.6. The van der Waals surface area contributed by atoms with Gasteiger partial charge in [-0.2, -0.15) is 0 Å². The Labute approximate surface area is 151 Å². The number of methoxy groups -OCH3 is 1. The van der Waals surface area contributed by atoms with E-state index in [9.17, 15) is 9.90 Å². The molecule has 6 heteroatoms. The van der Waals surface area contributed by atoms with E-state index < -0.39 is 11.6 Å². The molecular weight excluding hydrogens is 330 g/mol. The number of nitrogens with one attached hydrogen (secondary N) is 1. The number of fused-ring (bicyclic) bond motifs is 1. The van der Waals surface area contributed by atoms with Gasteiger partial charge in [0.05, 0.1) is 43.0 Å². The Hall–Kier alpha value is -2.73. The topological polar surface area (TPSA) is 83.8 Å². The third-order valence-electron chi connectivity index (χ3n) is 4.94. The Balaban J connectivity index is 1.47. The molecule has 4 rings (SSSR count). The van der Waals surface area contributed by atoms with E-state index in [0.717, 1.165) is 16.7 Å². The van der Waals surface area contributed by atoms with Gasteiger partial charge in [0.15, 0.2) is 0 Å². The summed E-state index contributed by atoms with van der Waals surface area (Å²) >= 11 is 0. The van der Waals surface area contributed by atoms with Crippen LogP contribution < -0.4 is 5.32 Å². The van der Waals surface area contributed by atoms with Gasteiger partial charge in [0.2, 0.25) is 11.8 Å². The van der Waals surface area contributed by atoms with Crippen LogP contribution in [-0.2, 0) is 22.5 Å². The summed E-state index contributed by atoms with van der Waals surface area (Å²) in [6, 6.07) is 11.1. The van der Waals surface area contributed by atoms with Crippen LogP contribution in [0.15, 0.2) is 47.6 Å². The molecule has 1 saturated carbocycles. The van der Waals surface area contributed by atoms with E-state index in [-0.39, 0.29) is 12.3 Å². The summed E-state index contributed by atoms with van der Waals surface area (Å²) in [6.07, 6.45) is 3.26. The first-order valence-electron chi connectivity index (χ1n) is 8.72. The van der Waals surface area contributed by atoms with Gasteiger partial charge >= 0.3 is 0 Å². The summed E-state index contributed by atoms with van der Waals surface area (Å²) in [5.41, 5.74) is 2.65. The minimum Gasteiger partial charge on any atom is -0.481 e. The van der Waals surface area contributed by atoms with Gasteiger partial charge in [0.25, 0.3) is 0 Å². The van der Waals surface area contributed by atoms with E-state index in [1.165, 1.54) is 0 Å². The van der Waals surface area contributed by atoms with Crippen molar-refractivity contribution in [2.24, 2.45) is 4.99 Å². The number of aromatic nitrogens is 1. The van der Waals surface area contributed by atoms with Gasteiger partial charge in [-0.1, -0.05) is 30.3 Å². The predicted octanol–water partition coefficient (Wildman–Crippen LogP) is 1.91. The number of pyridine rings is 1. The van der Waals surface area contributed by atoms with E-state index >= 15 is 0 Å². The first kappa shape index (κ1) is 16.7. The van der Waals surface area contributed by atoms with Gasteiger partial charge in [-0.3, -0.25) is 9.78 Å². The summed E-state index contributed by atoms with van der Waals surface area (Å²) in [7, 11) is 1.58. The molecule has 2 heterocycles. The number of carbonyl (C=O) groups excluding carboxylic acids is 1. The molecule has 1 aliphatic carbocycles. The van der Waals surface area contributed by atoms with Gasteiger partial charge in [-0.05, 0) is 30.0 Å². The molecule has 1 aromatic heterocycles. The van der Waals surface area contributed by atoms with Crippen LogP contribution in [0.2, 0.25) is 0 Å². The average Bonchev–Trinajstić information content (AvgIpc) is 3.27. The Morgan fingerprint density at radius 1 is 1.35 bits per heavy atom. The highest BCUT2D eigenvalue weighted by atomic mass is 16.5. The Kier molecular flexibility index (Phi) is 4.20. The molecule has 2 aromatic rings. The summed E-state index contributed by atoms with van der Waals surface area (Å²) in [4.78, 5) is 21.2. The molecule has 1 fully saturated rings. The van der Waals surface area contributed by atoms with Gasteiger partial charge in [-0.15, -0.1) is 0 Å². The van der Waals surface area contributed by atoms with Crippen molar-refractivity contribution in [2.45, 2.75) is 37.5 Å². The molecule has 0 spiro atoms. The van der Waals surface area contributed by atoms with Crippen molar-refractivity contribution >= 4 is 11.8 Å². The number of hydrogen-bond acceptors (Lipinski definition) is 5. The fourth-order valence-electron chi connectivity index (χ4n) is 3.35. The van der Waals surface area contributed by atoms with Crippen molar-refractivity contribution in [3.05, 3.63) is 65.0 Å². The van der Waals surface area contributed by atoms with Crippen molar-refractivity contribution in [3.63, 3.8) is 0 Å². The first-order chi connectivity index (χ1) is 12.6. The number of benzene rings is 1. The largest absolute Gasteiger partial charge is 0.481 e. The molecule has 0 unspecified atom stereocenters. The van der Waals surface area contributed by atoms with Crippen LogP contribution in [0.25, 0.3) is 0 Å². The van der Waals surface area contributed by atoms with Crippen molar-refractivity contribution in [2.75, 3.05) is 7.11 Å². The number of aliphatic imine (C=N–C) groups is 1. The maximum Gasteiger partial charge on any atom is 0.226 e. The lowest BCUT2D eigenvalue weighted by molar-refractivity contribution is -0.122. The smallest absolute Gasteiger partial charge is 0.226 e. The normalized spacial score (nSPS) is 17.8. The molecule has 0 saturated heterocycles. The molecule has 1 atom stereocenters. The second-order valence-corrected chi connectivity index (χ2v) is 6.85. The summed E-state index contributed by atoms with van der Waals surface area (Å²) in [5.74, 6) is 0.432. The highest BCUT2D eigenvalue weighted by Crippen LogP contribution is 2.45. The zero-order valence-electron chi connectivity index (χ0n) is 14.6. The van der Waals surface area contributed by atoms with Gasteiger partial charge in [0, 0.05) is 6.20 Å². The molecule has 2 N–H and O–H groups in total. The quantitative estimate of drug-likeness (QED) is 0.862. The van der Waals surface area contributed by atoms with Gasteiger partial charge < -0.3 is 15.2 Å². The number of hydrogen-bond donors (Lipinski definition) is 2. The zero-order valence-corrected chi connectivity index (χ0v) is 14.6. The minimum atomic E-state index is -0.844. The maximum absolute atomic E-state index is 12.6. The third-order valence-corrected chi connectivity index (χ3v) is 4.94. The predicted molar refractivity (Wildman–Crippen MR) is 96.7 cm³/mol. The van der Waals surface area contributed by atoms with Crippen molar-refractivity contribution in [1.82, 2.24) is 10.3 Å². The fourth-order valence-corrected chi connectivity index (χ4v) is 3.35. The molecule has 2 aliphatic rings. The van der Waals surface area contributed by atoms with Crippen LogP contribution in [0.4, 0.5) is 0 Å². The van der Waals surface area contributed by atoms with Crippen LogP contribution >= 0.6 is 0 Å². The second-order valence-electron chi connectivity index (χ2n) is 6.85. The fraction of sp³-hybridized carbons (Fsp3) is 0.350. The van der Waals surface area contributed by atoms with Crippen LogP contribution in [0.5, 0.6) is 0 Å². The zero-order chi connectivity index (χ0) is 18.1. The molecule has 0 bridgehead atoms. The number of amides is 1. The van der Waals surface area contributed by atoms with E-state index in [1.807, 2.05) is 36.4 Å². The number of aliphatic hydroxyl groups is 1. The Morgan fingerprint density at radius 2 is 2.12 bits per heavy atom. The first-order valence-corrected chi connectivity index (χ1v) is 8.72. The lowest BCUT2D eigenvalue weighted by atomic mass is 9.99. The second kappa shape index (κ2) is 6.53. The SMILES string of the molecule is COC1=NCc2cc(CC(=O)N[C@@H](c3ccccc3)C3(O)CC3)ncc21. The average molecular weight is 351 g/mol. The van der Waals surface area contributed by atoms with E-state index in [2.05, 4.69) is 15.3 Å². The molecule has 26 heavy (non-hydrogen) atoms. The Morgan fingerprint density at radius 3 is 2.81 bits per heavy atom. The maximum atomic E-state index is 12.6. The molecule has 1 aromatic carbocycles. The monoisotopic (exact) mass is 351 g/mol. The highest BCUT2D eigenvalue weighted by molar-refractivity contribution is 5.97. The summed E-state index contributed by atoms with van der Waals surface area (Å²) in [6.45, 7) is 0.544. The van der Waals surface area contributed by atoms with Crippen molar-refractivity contribution in [3.8, 4) is 0 Å². The minimum absolute atomic E-state index is 0.155. The van der Waals surface area contributed by atoms with Crippen LogP contribution in [-0.4, -0.2) is 34.6 Å². The van der Waals surface area contributed by atoms with E-state index in [1.54, 1.807) is 13.3 Å². The van der Waals surface area contributed by atoms with Crippen LogP contribution in [0.3, 0.4) is 0 Å². The third kappa shape index (κ3) is 3.20. The Bertz CT molecular complexity index is 860. The number of nitrogens with zero attached hydrogens (tertiary/aromatic N) is 2. The molecular formula is C20H21N3O3. The van der Waals surface area contributed by atoms with Crippen LogP contribution in [0, 0.1) is 0 Å². The van der Waals surface area contributed by atoms with E-state index in [0.29, 0.717) is 31.0 Å². The lowest BCUT2D eigenvalue weighted by Crippen LogP contribution is -2.38. The number of rotatable bonds is 5. The van der Waals surface area contributed by atoms with Crippen molar-refractivity contribution in [1.29, 1.82) is 0 Å². The standard InChI is InChI=1S/C20H21N3O3/c1-26-19-16-12-21-15(9-14(16)11-22-19)10-17(24)23-18(20(25)7-8-20)13-5-3-2-4-6-13/h2-6,9,12,18,25H,7-8,10-11H2,1H3,(H,23,24)/t18-/m0/s1. The number of carbonyl (C=O) groups is 1. The molecule has 0 radical (unpaired) electrons. The van der Waals surface area contributed by atoms with Crippen molar-refractivity contribution < 1.29 is 14.6 Å². The molecule has 6 nitrogen and oxygen atoms in total. The van der Waals surface area contributed by atoms with Gasteiger partial charge in [-0.25, -0.2) is 4.99 Å². The number of ether oxygens (including phenoxy) is 1. The van der Waals surface area contributed by atoms with Gasteiger partial charge in [0.1, 0.15) is 0 Å². The molecule has 134 valence electrons. The van der Waals surface area contributed by atoms with Crippen LogP contribution in [0.1, 0.15) is 41.3 Å². The summed E-state index contributed by atoms with van der Waals surface area (Å²) < 4.78 is 5.21. The molecule has 1 aliphatic heterocycles.